The first-order valence-corrected chi connectivity index (χ1v) is 15.5. The Hall–Kier alpha value is -3.07. The number of epoxide rings is 1. The van der Waals surface area contributed by atoms with E-state index in [1.807, 2.05) is 26.0 Å². The summed E-state index contributed by atoms with van der Waals surface area (Å²) in [6.07, 6.45) is 1.63. The number of fused-ring (bicyclic) bond motifs is 5. The van der Waals surface area contributed by atoms with Crippen molar-refractivity contribution in [1.29, 1.82) is 0 Å². The fourth-order valence-corrected chi connectivity index (χ4v) is 10.2. The summed E-state index contributed by atoms with van der Waals surface area (Å²) >= 11 is 0. The van der Waals surface area contributed by atoms with Crippen LogP contribution in [0.2, 0.25) is 0 Å². The zero-order chi connectivity index (χ0) is 30.4. The van der Waals surface area contributed by atoms with E-state index in [0.717, 1.165) is 6.42 Å². The van der Waals surface area contributed by atoms with Gasteiger partial charge in [-0.1, -0.05) is 57.2 Å². The third kappa shape index (κ3) is 3.75. The maximum Gasteiger partial charge on any atom is 0.338 e. The van der Waals surface area contributed by atoms with Crippen molar-refractivity contribution in [2.45, 2.75) is 76.8 Å². The summed E-state index contributed by atoms with van der Waals surface area (Å²) in [5.74, 6) is -2.76. The van der Waals surface area contributed by atoms with Crippen molar-refractivity contribution in [3.05, 3.63) is 71.8 Å². The van der Waals surface area contributed by atoms with E-state index in [2.05, 4.69) is 6.92 Å². The molecule has 1 heterocycles. The quantitative estimate of drug-likeness (QED) is 0.377. The summed E-state index contributed by atoms with van der Waals surface area (Å²) in [5, 5.41) is 23.3. The molecule has 0 amide bonds. The normalized spacial score (nSPS) is 41.8. The van der Waals surface area contributed by atoms with E-state index in [-0.39, 0.29) is 18.1 Å². The predicted molar refractivity (Wildman–Crippen MR) is 155 cm³/mol. The van der Waals surface area contributed by atoms with Crippen molar-refractivity contribution < 1.29 is 38.8 Å². The highest BCUT2D eigenvalue weighted by atomic mass is 16.6. The molecule has 0 radical (unpaired) electrons. The molecule has 9 atom stereocenters. The molecular formula is C35H40O8. The predicted octanol–water partition coefficient (Wildman–Crippen LogP) is 4.37. The summed E-state index contributed by atoms with van der Waals surface area (Å²) in [6, 6.07) is 17.4. The number of carbonyl (C=O) groups is 3. The molecule has 228 valence electrons. The van der Waals surface area contributed by atoms with Crippen LogP contribution >= 0.6 is 0 Å². The summed E-state index contributed by atoms with van der Waals surface area (Å²) in [6.45, 7) is 5.25. The van der Waals surface area contributed by atoms with Gasteiger partial charge in [-0.2, -0.15) is 0 Å². The summed E-state index contributed by atoms with van der Waals surface area (Å²) < 4.78 is 18.8. The van der Waals surface area contributed by atoms with E-state index in [9.17, 15) is 24.6 Å². The van der Waals surface area contributed by atoms with Gasteiger partial charge in [0.25, 0.3) is 0 Å². The van der Waals surface area contributed by atoms with Gasteiger partial charge in [0.1, 0.15) is 12.7 Å². The molecule has 2 aromatic carbocycles. The van der Waals surface area contributed by atoms with Crippen molar-refractivity contribution in [2.24, 2.45) is 33.5 Å². The van der Waals surface area contributed by atoms with Crippen LogP contribution in [-0.4, -0.2) is 65.1 Å². The molecule has 1 aliphatic heterocycles. The molecule has 1 saturated heterocycles. The topological polar surface area (TPSA) is 123 Å². The van der Waals surface area contributed by atoms with Gasteiger partial charge in [-0.3, -0.25) is 4.79 Å². The minimum atomic E-state index is -2.03. The molecule has 0 aromatic heterocycles. The second kappa shape index (κ2) is 9.46. The average molecular weight is 589 g/mol. The van der Waals surface area contributed by atoms with E-state index in [1.165, 1.54) is 0 Å². The number of aliphatic hydroxyl groups is 2. The highest BCUT2D eigenvalue weighted by Gasteiger charge is 2.87. The van der Waals surface area contributed by atoms with Crippen molar-refractivity contribution in [3.63, 3.8) is 0 Å². The van der Waals surface area contributed by atoms with Gasteiger partial charge in [0, 0.05) is 11.3 Å². The third-order valence-corrected chi connectivity index (χ3v) is 12.0. The van der Waals surface area contributed by atoms with Crippen molar-refractivity contribution >= 4 is 17.7 Å². The molecule has 1 spiro atoms. The standard InChI is InChI=1S/C35H40O8/c1-31(2)16-15-24(42-30(39)22-12-8-5-9-13-22)33(20-41-29(38)21-10-6-4-7-11-21)23-14-17-32(3)18-34(23,28-27(32)43-28)35(40,19-36)26(37)25(31)33/h4-13,23-25,27-28,36,40H,14-20H2,1-3H3/t23-,24+,25+,27?,28+,32-,33+,34+,35-/m0/s1. The molecule has 5 fully saturated rings. The van der Waals surface area contributed by atoms with Gasteiger partial charge < -0.3 is 24.4 Å². The molecule has 8 heteroatoms. The Morgan fingerprint density at radius 2 is 1.53 bits per heavy atom. The Bertz CT molecular complexity index is 1460. The van der Waals surface area contributed by atoms with Gasteiger partial charge in [-0.25, -0.2) is 9.59 Å². The molecule has 4 saturated carbocycles. The Balaban J connectivity index is 1.40. The lowest BCUT2D eigenvalue weighted by molar-refractivity contribution is -0.280. The lowest BCUT2D eigenvalue weighted by atomic mass is 9.35. The Morgan fingerprint density at radius 1 is 0.907 bits per heavy atom. The van der Waals surface area contributed by atoms with E-state index < -0.39 is 70.2 Å². The first-order valence-electron chi connectivity index (χ1n) is 15.5. The van der Waals surface area contributed by atoms with E-state index in [4.69, 9.17) is 14.2 Å². The number of carbonyl (C=O) groups excluding carboxylic acids is 3. The SMILES string of the molecule is CC1(C)CC[C@@H](OC(=O)c2ccccc2)[C@]2(COC(=O)c3ccccc3)[C@@H]1C(=O)[C@@](O)(CO)[C@]13C[C@](C)(CC[C@@H]21)C1O[C@H]13. The van der Waals surface area contributed by atoms with Crippen LogP contribution in [0, 0.1) is 33.5 Å². The van der Waals surface area contributed by atoms with Crippen LogP contribution in [0.1, 0.15) is 73.6 Å². The minimum Gasteiger partial charge on any atom is -0.461 e. The highest BCUT2D eigenvalue weighted by Crippen LogP contribution is 2.79. The Morgan fingerprint density at radius 3 is 2.16 bits per heavy atom. The maximum atomic E-state index is 14.9. The van der Waals surface area contributed by atoms with E-state index >= 15 is 0 Å². The van der Waals surface area contributed by atoms with Crippen LogP contribution in [-0.2, 0) is 19.0 Å². The smallest absolute Gasteiger partial charge is 0.338 e. The van der Waals surface area contributed by atoms with Crippen LogP contribution in [0.4, 0.5) is 0 Å². The molecule has 2 bridgehead atoms. The number of hydrogen-bond acceptors (Lipinski definition) is 8. The average Bonchev–Trinajstić information content (AvgIpc) is 3.80. The molecular weight excluding hydrogens is 548 g/mol. The number of hydrogen-bond donors (Lipinski definition) is 2. The first-order chi connectivity index (χ1) is 20.4. The number of benzene rings is 2. The second-order valence-electron chi connectivity index (χ2n) is 14.6. The molecule has 1 unspecified atom stereocenters. The molecule has 2 aromatic rings. The molecule has 2 N–H and O–H groups in total. The highest BCUT2D eigenvalue weighted by molar-refractivity contribution is 5.94. The van der Waals surface area contributed by atoms with Gasteiger partial charge >= 0.3 is 11.9 Å². The molecule has 7 rings (SSSR count). The van der Waals surface area contributed by atoms with Gasteiger partial charge in [0.05, 0.1) is 35.4 Å². The largest absolute Gasteiger partial charge is 0.461 e. The second-order valence-corrected chi connectivity index (χ2v) is 14.6. The zero-order valence-corrected chi connectivity index (χ0v) is 25.0. The number of rotatable bonds is 6. The van der Waals surface area contributed by atoms with Crippen molar-refractivity contribution in [2.75, 3.05) is 13.2 Å². The number of esters is 2. The lowest BCUT2D eigenvalue weighted by Crippen LogP contribution is -2.78. The van der Waals surface area contributed by atoms with Crippen LogP contribution in [0.25, 0.3) is 0 Å². The van der Waals surface area contributed by atoms with Gasteiger partial charge in [-0.05, 0) is 73.1 Å². The first kappa shape index (κ1) is 28.7. The number of aliphatic hydroxyl groups excluding tert-OH is 1. The monoisotopic (exact) mass is 588 g/mol. The Kier molecular flexibility index (Phi) is 6.31. The summed E-state index contributed by atoms with van der Waals surface area (Å²) in [4.78, 5) is 42.0. The Labute approximate surface area is 251 Å². The molecule has 8 nitrogen and oxygen atoms in total. The van der Waals surface area contributed by atoms with Crippen LogP contribution in [0.15, 0.2) is 60.7 Å². The van der Waals surface area contributed by atoms with Crippen LogP contribution < -0.4 is 0 Å². The van der Waals surface area contributed by atoms with E-state index in [0.29, 0.717) is 36.8 Å². The maximum absolute atomic E-state index is 14.9. The van der Waals surface area contributed by atoms with Crippen LogP contribution in [0.3, 0.4) is 0 Å². The lowest BCUT2D eigenvalue weighted by Gasteiger charge is -2.69. The van der Waals surface area contributed by atoms with Gasteiger partial charge in [0.2, 0.25) is 0 Å². The van der Waals surface area contributed by atoms with Crippen LogP contribution in [0.5, 0.6) is 0 Å². The molecule has 5 aliphatic rings. The van der Waals surface area contributed by atoms with Gasteiger partial charge in [-0.15, -0.1) is 0 Å². The van der Waals surface area contributed by atoms with E-state index in [1.54, 1.807) is 48.5 Å². The summed E-state index contributed by atoms with van der Waals surface area (Å²) in [7, 11) is 0. The number of Topliss-reactive ketones (excluding diaryl/α,β-unsaturated/α-hetero) is 1. The fraction of sp³-hybridized carbons (Fsp3) is 0.571. The fourth-order valence-electron chi connectivity index (χ4n) is 10.2. The van der Waals surface area contributed by atoms with Crippen molar-refractivity contribution in [1.82, 2.24) is 0 Å². The molecule has 4 aliphatic carbocycles. The minimum absolute atomic E-state index is 0.120. The summed E-state index contributed by atoms with van der Waals surface area (Å²) in [5.41, 5.74) is -4.38. The number of ether oxygens (including phenoxy) is 3. The van der Waals surface area contributed by atoms with Gasteiger partial charge in [0.15, 0.2) is 11.4 Å². The number of ketones is 1. The molecule has 43 heavy (non-hydrogen) atoms. The van der Waals surface area contributed by atoms with Crippen molar-refractivity contribution in [3.8, 4) is 0 Å². The third-order valence-electron chi connectivity index (χ3n) is 12.0. The zero-order valence-electron chi connectivity index (χ0n) is 25.0.